The van der Waals surface area contributed by atoms with Crippen LogP contribution in [0.1, 0.15) is 36.2 Å². The minimum atomic E-state index is -0.0412. The van der Waals surface area contributed by atoms with E-state index in [9.17, 15) is 4.79 Å². The summed E-state index contributed by atoms with van der Waals surface area (Å²) >= 11 is 4.32. The number of hydrogen-bond acceptors (Lipinski definition) is 3. The third-order valence-electron chi connectivity index (χ3n) is 3.63. The van der Waals surface area contributed by atoms with Crippen LogP contribution in [0.3, 0.4) is 0 Å². The first kappa shape index (κ1) is 14.8. The van der Waals surface area contributed by atoms with Crippen molar-refractivity contribution in [2.75, 3.05) is 10.6 Å². The van der Waals surface area contributed by atoms with Crippen molar-refractivity contribution in [2.45, 2.75) is 32.2 Å². The molecule has 0 aliphatic heterocycles. The molecular weight excluding hydrogens is 395 g/mol. The molecule has 0 saturated heterocycles. The quantitative estimate of drug-likeness (QED) is 0.712. The fraction of sp³-hybridized carbons (Fsp3) is 0.312. The van der Waals surface area contributed by atoms with Gasteiger partial charge in [0.25, 0.3) is 0 Å². The lowest BCUT2D eigenvalue weighted by atomic mass is 9.94. The Kier molecular flexibility index (Phi) is 4.49. The Morgan fingerprint density at radius 1 is 1.29 bits per heavy atom. The van der Waals surface area contributed by atoms with E-state index in [1.807, 2.05) is 35.6 Å². The van der Waals surface area contributed by atoms with Crippen LogP contribution in [-0.4, -0.2) is 5.91 Å². The summed E-state index contributed by atoms with van der Waals surface area (Å²) < 4.78 is 1.37. The van der Waals surface area contributed by atoms with Crippen LogP contribution in [0.2, 0.25) is 0 Å². The maximum absolute atomic E-state index is 11.0. The predicted molar refractivity (Wildman–Crippen MR) is 97.1 cm³/mol. The number of halogens is 1. The molecule has 1 aliphatic carbocycles. The van der Waals surface area contributed by atoms with Gasteiger partial charge in [-0.1, -0.05) is 0 Å². The van der Waals surface area contributed by atoms with Crippen LogP contribution < -0.4 is 10.6 Å². The van der Waals surface area contributed by atoms with E-state index in [1.54, 1.807) is 0 Å². The molecule has 110 valence electrons. The second kappa shape index (κ2) is 6.36. The summed E-state index contributed by atoms with van der Waals surface area (Å²) in [7, 11) is 0. The first-order valence-corrected chi connectivity index (χ1v) is 8.93. The zero-order valence-electron chi connectivity index (χ0n) is 11.8. The Hall–Kier alpha value is -1.08. The number of thiophene rings is 1. The van der Waals surface area contributed by atoms with Crippen molar-refractivity contribution >= 4 is 51.2 Å². The Balaban J connectivity index is 1.74. The summed E-state index contributed by atoms with van der Waals surface area (Å²) in [5.41, 5.74) is 3.40. The number of rotatable bonds is 3. The topological polar surface area (TPSA) is 41.1 Å². The smallest absolute Gasteiger partial charge is 0.221 e. The number of anilines is 2. The molecule has 2 aromatic rings. The highest BCUT2D eigenvalue weighted by Gasteiger charge is 2.22. The molecule has 1 amide bonds. The molecule has 1 aliphatic rings. The zero-order chi connectivity index (χ0) is 14.8. The lowest BCUT2D eigenvalue weighted by molar-refractivity contribution is -0.114. The summed E-state index contributed by atoms with van der Waals surface area (Å²) in [6.07, 6.45) is 3.63. The van der Waals surface area contributed by atoms with Crippen molar-refractivity contribution in [1.82, 2.24) is 0 Å². The van der Waals surface area contributed by atoms with E-state index in [0.717, 1.165) is 11.4 Å². The largest absolute Gasteiger partial charge is 0.378 e. The summed E-state index contributed by atoms with van der Waals surface area (Å²) in [6, 6.07) is 10.6. The van der Waals surface area contributed by atoms with E-state index in [1.165, 1.54) is 39.5 Å². The Morgan fingerprint density at radius 2 is 2.00 bits per heavy atom. The standard InChI is InChI=1S/C16H17IN2OS/c1-10(20)18-11-5-7-12(8-6-11)19-14-3-2-4-15-13(14)9-16(17)21-15/h5-9,14,19H,2-4H2,1H3,(H,18,20). The molecule has 1 atom stereocenters. The van der Waals surface area contributed by atoms with E-state index in [0.29, 0.717) is 6.04 Å². The van der Waals surface area contributed by atoms with Gasteiger partial charge in [0.15, 0.2) is 0 Å². The van der Waals surface area contributed by atoms with Crippen molar-refractivity contribution in [1.29, 1.82) is 0 Å². The van der Waals surface area contributed by atoms with E-state index < -0.39 is 0 Å². The highest BCUT2D eigenvalue weighted by Crippen LogP contribution is 2.38. The number of hydrogen-bond donors (Lipinski definition) is 2. The normalized spacial score (nSPS) is 17.1. The number of carbonyl (C=O) groups excluding carboxylic acids is 1. The summed E-state index contributed by atoms with van der Waals surface area (Å²) in [5.74, 6) is -0.0412. The third-order valence-corrected chi connectivity index (χ3v) is 5.60. The van der Waals surface area contributed by atoms with Crippen molar-refractivity contribution in [3.05, 3.63) is 43.7 Å². The van der Waals surface area contributed by atoms with Gasteiger partial charge in [0, 0.05) is 23.2 Å². The first-order chi connectivity index (χ1) is 10.1. The van der Waals surface area contributed by atoms with Gasteiger partial charge in [-0.15, -0.1) is 11.3 Å². The van der Waals surface area contributed by atoms with Crippen LogP contribution in [-0.2, 0) is 11.2 Å². The number of aryl methyl sites for hydroxylation is 1. The van der Waals surface area contributed by atoms with Crippen LogP contribution in [0.15, 0.2) is 30.3 Å². The fourth-order valence-electron chi connectivity index (χ4n) is 2.73. The van der Waals surface area contributed by atoms with Crippen molar-refractivity contribution < 1.29 is 4.79 Å². The second-order valence-electron chi connectivity index (χ2n) is 5.28. The monoisotopic (exact) mass is 412 g/mol. The molecule has 0 bridgehead atoms. The van der Waals surface area contributed by atoms with Crippen molar-refractivity contribution in [2.24, 2.45) is 0 Å². The van der Waals surface area contributed by atoms with Gasteiger partial charge >= 0.3 is 0 Å². The maximum Gasteiger partial charge on any atom is 0.221 e. The number of benzene rings is 1. The molecule has 21 heavy (non-hydrogen) atoms. The molecule has 0 spiro atoms. The van der Waals surface area contributed by atoms with Crippen LogP contribution in [0, 0.1) is 2.88 Å². The average molecular weight is 412 g/mol. The maximum atomic E-state index is 11.0. The van der Waals surface area contributed by atoms with E-state index in [4.69, 9.17) is 0 Å². The van der Waals surface area contributed by atoms with Gasteiger partial charge < -0.3 is 10.6 Å². The number of fused-ring (bicyclic) bond motifs is 1. The summed E-state index contributed by atoms with van der Waals surface area (Å²) in [6.45, 7) is 1.52. The van der Waals surface area contributed by atoms with Gasteiger partial charge in [-0.05, 0) is 77.7 Å². The minimum Gasteiger partial charge on any atom is -0.378 e. The van der Waals surface area contributed by atoms with Gasteiger partial charge in [0.05, 0.1) is 8.93 Å². The molecule has 3 rings (SSSR count). The second-order valence-corrected chi connectivity index (χ2v) is 8.31. The zero-order valence-corrected chi connectivity index (χ0v) is 14.8. The lowest BCUT2D eigenvalue weighted by Crippen LogP contribution is -2.15. The molecule has 1 unspecified atom stereocenters. The molecule has 0 saturated carbocycles. The third kappa shape index (κ3) is 3.58. The molecule has 1 aromatic carbocycles. The SMILES string of the molecule is CC(=O)Nc1ccc(NC2CCCc3sc(I)cc32)cc1. The minimum absolute atomic E-state index is 0.0412. The van der Waals surface area contributed by atoms with Crippen LogP contribution >= 0.6 is 33.9 Å². The van der Waals surface area contributed by atoms with Crippen LogP contribution in [0.25, 0.3) is 0 Å². The highest BCUT2D eigenvalue weighted by atomic mass is 127. The lowest BCUT2D eigenvalue weighted by Gasteiger charge is -2.24. The number of nitrogens with one attached hydrogen (secondary N) is 2. The average Bonchev–Trinajstić information content (AvgIpc) is 2.82. The fourth-order valence-corrected chi connectivity index (χ4v) is 4.85. The summed E-state index contributed by atoms with van der Waals surface area (Å²) in [5, 5.41) is 6.41. The molecule has 1 aromatic heterocycles. The van der Waals surface area contributed by atoms with Gasteiger partial charge in [-0.3, -0.25) is 4.79 Å². The van der Waals surface area contributed by atoms with Gasteiger partial charge in [0.2, 0.25) is 5.91 Å². The number of amides is 1. The molecule has 1 heterocycles. The summed E-state index contributed by atoms with van der Waals surface area (Å²) in [4.78, 5) is 12.6. The van der Waals surface area contributed by atoms with Crippen molar-refractivity contribution in [3.63, 3.8) is 0 Å². The predicted octanol–water partition coefficient (Wildman–Crippen LogP) is 4.80. The van der Waals surface area contributed by atoms with Gasteiger partial charge in [-0.2, -0.15) is 0 Å². The van der Waals surface area contributed by atoms with Gasteiger partial charge in [0.1, 0.15) is 0 Å². The van der Waals surface area contributed by atoms with E-state index >= 15 is 0 Å². The van der Waals surface area contributed by atoms with E-state index in [2.05, 4.69) is 39.3 Å². The highest BCUT2D eigenvalue weighted by molar-refractivity contribution is 14.1. The molecule has 3 nitrogen and oxygen atoms in total. The Morgan fingerprint density at radius 3 is 2.71 bits per heavy atom. The molecule has 2 N–H and O–H groups in total. The van der Waals surface area contributed by atoms with Crippen LogP contribution in [0.4, 0.5) is 11.4 Å². The molecular formula is C16H17IN2OS. The molecule has 5 heteroatoms. The van der Waals surface area contributed by atoms with Gasteiger partial charge in [-0.25, -0.2) is 0 Å². The van der Waals surface area contributed by atoms with Crippen molar-refractivity contribution in [3.8, 4) is 0 Å². The number of carbonyl (C=O) groups is 1. The van der Waals surface area contributed by atoms with E-state index in [-0.39, 0.29) is 5.91 Å². The molecule has 0 fully saturated rings. The molecule has 0 radical (unpaired) electrons. The Labute approximate surface area is 142 Å². The first-order valence-electron chi connectivity index (χ1n) is 7.04. The Bertz CT molecular complexity index is 651. The van der Waals surface area contributed by atoms with Crippen LogP contribution in [0.5, 0.6) is 0 Å².